The number of anilines is 1. The van der Waals surface area contributed by atoms with Crippen molar-refractivity contribution in [3.8, 4) is 0 Å². The lowest BCUT2D eigenvalue weighted by Crippen LogP contribution is -1.98. The minimum atomic E-state index is 0.533. The fourth-order valence-electron chi connectivity index (χ4n) is 1.48. The standard InChI is InChI=1S/C11H9N5S2/c12-9-7-2-5-17-10(7)16-8(15-9)6-18-11-13-3-1-4-14-11/h1-5H,6H2,(H2,12,15,16). The van der Waals surface area contributed by atoms with E-state index in [1.165, 1.54) is 11.8 Å². The first-order valence-electron chi connectivity index (χ1n) is 5.22. The number of nitrogen functional groups attached to an aromatic ring is 1. The molecule has 0 radical (unpaired) electrons. The molecule has 7 heteroatoms. The summed E-state index contributed by atoms with van der Waals surface area (Å²) in [5.74, 6) is 1.85. The molecule has 3 aromatic heterocycles. The molecule has 3 heterocycles. The zero-order valence-electron chi connectivity index (χ0n) is 9.28. The van der Waals surface area contributed by atoms with Crippen LogP contribution in [0.25, 0.3) is 10.2 Å². The normalized spacial score (nSPS) is 10.9. The average molecular weight is 275 g/mol. The quantitative estimate of drug-likeness (QED) is 0.584. The van der Waals surface area contributed by atoms with Crippen molar-refractivity contribution in [3.05, 3.63) is 35.7 Å². The summed E-state index contributed by atoms with van der Waals surface area (Å²) in [6.07, 6.45) is 3.43. The van der Waals surface area contributed by atoms with E-state index in [4.69, 9.17) is 5.73 Å². The summed E-state index contributed by atoms with van der Waals surface area (Å²) in [6.45, 7) is 0. The molecular weight excluding hydrogens is 266 g/mol. The second-order valence-electron chi connectivity index (χ2n) is 3.48. The number of thioether (sulfide) groups is 1. The average Bonchev–Trinajstić information content (AvgIpc) is 2.86. The fourth-order valence-corrected chi connectivity index (χ4v) is 2.93. The second-order valence-corrected chi connectivity index (χ2v) is 5.32. The number of nitrogens with zero attached hydrogens (tertiary/aromatic N) is 4. The minimum Gasteiger partial charge on any atom is -0.383 e. The Morgan fingerprint density at radius 3 is 2.89 bits per heavy atom. The molecular formula is C11H9N5S2. The summed E-state index contributed by atoms with van der Waals surface area (Å²) >= 11 is 3.06. The molecule has 0 unspecified atom stereocenters. The Kier molecular flexibility index (Phi) is 3.07. The van der Waals surface area contributed by atoms with Crippen LogP contribution >= 0.6 is 23.1 Å². The van der Waals surface area contributed by atoms with E-state index in [0.717, 1.165) is 10.2 Å². The lowest BCUT2D eigenvalue weighted by atomic mass is 10.4. The predicted molar refractivity (Wildman–Crippen MR) is 73.4 cm³/mol. The molecule has 0 saturated carbocycles. The molecule has 0 aromatic carbocycles. The molecule has 90 valence electrons. The van der Waals surface area contributed by atoms with Crippen LogP contribution in [0.15, 0.2) is 35.1 Å². The van der Waals surface area contributed by atoms with Crippen molar-refractivity contribution < 1.29 is 0 Å². The molecule has 0 aliphatic rings. The van der Waals surface area contributed by atoms with E-state index in [1.54, 1.807) is 29.8 Å². The van der Waals surface area contributed by atoms with E-state index in [0.29, 0.717) is 22.6 Å². The Labute approximate surface area is 112 Å². The van der Waals surface area contributed by atoms with Gasteiger partial charge in [0.05, 0.1) is 11.1 Å². The lowest BCUT2D eigenvalue weighted by molar-refractivity contribution is 0.961. The molecule has 0 amide bonds. The van der Waals surface area contributed by atoms with Gasteiger partial charge >= 0.3 is 0 Å². The van der Waals surface area contributed by atoms with Crippen LogP contribution in [0.4, 0.5) is 5.82 Å². The molecule has 0 saturated heterocycles. The van der Waals surface area contributed by atoms with Gasteiger partial charge < -0.3 is 5.73 Å². The maximum absolute atomic E-state index is 5.89. The van der Waals surface area contributed by atoms with Gasteiger partial charge in [-0.2, -0.15) is 0 Å². The summed E-state index contributed by atoms with van der Waals surface area (Å²) in [4.78, 5) is 17.9. The van der Waals surface area contributed by atoms with Gasteiger partial charge in [-0.3, -0.25) is 0 Å². The monoisotopic (exact) mass is 275 g/mol. The first kappa shape index (κ1) is 11.4. The third-order valence-corrected chi connectivity index (χ3v) is 3.95. The number of rotatable bonds is 3. The Bertz CT molecular complexity index is 668. The van der Waals surface area contributed by atoms with Gasteiger partial charge in [0.2, 0.25) is 0 Å². The van der Waals surface area contributed by atoms with Gasteiger partial charge in [0.1, 0.15) is 16.5 Å². The van der Waals surface area contributed by atoms with E-state index in [2.05, 4.69) is 19.9 Å². The number of fused-ring (bicyclic) bond motifs is 1. The molecule has 0 atom stereocenters. The van der Waals surface area contributed by atoms with Crippen molar-refractivity contribution in [3.63, 3.8) is 0 Å². The van der Waals surface area contributed by atoms with Gasteiger partial charge in [-0.25, -0.2) is 19.9 Å². The van der Waals surface area contributed by atoms with Crippen molar-refractivity contribution in [2.75, 3.05) is 5.73 Å². The van der Waals surface area contributed by atoms with Gasteiger partial charge in [-0.15, -0.1) is 11.3 Å². The largest absolute Gasteiger partial charge is 0.383 e. The van der Waals surface area contributed by atoms with E-state index in [9.17, 15) is 0 Å². The smallest absolute Gasteiger partial charge is 0.187 e. The molecule has 5 nitrogen and oxygen atoms in total. The summed E-state index contributed by atoms with van der Waals surface area (Å²) < 4.78 is 0. The van der Waals surface area contributed by atoms with Gasteiger partial charge in [0.15, 0.2) is 5.16 Å². The molecule has 3 aromatic rings. The van der Waals surface area contributed by atoms with E-state index < -0.39 is 0 Å². The highest BCUT2D eigenvalue weighted by Gasteiger charge is 2.07. The van der Waals surface area contributed by atoms with Crippen molar-refractivity contribution in [2.45, 2.75) is 10.9 Å². The molecule has 0 spiro atoms. The van der Waals surface area contributed by atoms with Gasteiger partial charge in [0.25, 0.3) is 0 Å². The van der Waals surface area contributed by atoms with Gasteiger partial charge in [-0.05, 0) is 17.5 Å². The molecule has 0 fully saturated rings. The Morgan fingerprint density at radius 1 is 1.22 bits per heavy atom. The molecule has 0 bridgehead atoms. The summed E-state index contributed by atoms with van der Waals surface area (Å²) in [7, 11) is 0. The maximum atomic E-state index is 5.89. The van der Waals surface area contributed by atoms with Crippen LogP contribution in [-0.4, -0.2) is 19.9 Å². The van der Waals surface area contributed by atoms with Crippen molar-refractivity contribution in [1.29, 1.82) is 0 Å². The zero-order chi connectivity index (χ0) is 12.4. The van der Waals surface area contributed by atoms with Crippen LogP contribution in [0.3, 0.4) is 0 Å². The first-order chi connectivity index (χ1) is 8.83. The van der Waals surface area contributed by atoms with E-state index in [1.807, 2.05) is 11.4 Å². The minimum absolute atomic E-state index is 0.533. The number of nitrogens with two attached hydrogens (primary N) is 1. The molecule has 0 aliphatic carbocycles. The van der Waals surface area contributed by atoms with Crippen molar-refractivity contribution in [1.82, 2.24) is 19.9 Å². The maximum Gasteiger partial charge on any atom is 0.187 e. The Hall–Kier alpha value is -1.73. The summed E-state index contributed by atoms with van der Waals surface area (Å²) in [6, 6.07) is 3.73. The zero-order valence-corrected chi connectivity index (χ0v) is 10.9. The highest BCUT2D eigenvalue weighted by Crippen LogP contribution is 2.25. The number of aromatic nitrogens is 4. The summed E-state index contributed by atoms with van der Waals surface area (Å²) in [5, 5.41) is 3.60. The predicted octanol–water partition coefficient (Wildman–Crippen LogP) is 2.36. The Balaban J connectivity index is 1.82. The fraction of sp³-hybridized carbons (Fsp3) is 0.0909. The topological polar surface area (TPSA) is 77.6 Å². The first-order valence-corrected chi connectivity index (χ1v) is 7.09. The second kappa shape index (κ2) is 4.87. The number of thiophene rings is 1. The van der Waals surface area contributed by atoms with Crippen LogP contribution in [0.2, 0.25) is 0 Å². The van der Waals surface area contributed by atoms with Crippen LogP contribution in [-0.2, 0) is 5.75 Å². The van der Waals surface area contributed by atoms with Gasteiger partial charge in [0, 0.05) is 12.4 Å². The van der Waals surface area contributed by atoms with Gasteiger partial charge in [-0.1, -0.05) is 11.8 Å². The van der Waals surface area contributed by atoms with E-state index in [-0.39, 0.29) is 0 Å². The van der Waals surface area contributed by atoms with Crippen LogP contribution in [0.5, 0.6) is 0 Å². The lowest BCUT2D eigenvalue weighted by Gasteiger charge is -2.01. The Morgan fingerprint density at radius 2 is 2.06 bits per heavy atom. The van der Waals surface area contributed by atoms with Crippen LogP contribution < -0.4 is 5.73 Å². The third kappa shape index (κ3) is 2.27. The SMILES string of the molecule is Nc1nc(CSc2ncccn2)nc2sccc12. The molecule has 2 N–H and O–H groups in total. The molecule has 3 rings (SSSR count). The summed E-state index contributed by atoms with van der Waals surface area (Å²) in [5.41, 5.74) is 5.89. The van der Waals surface area contributed by atoms with Crippen molar-refractivity contribution >= 4 is 39.1 Å². The highest BCUT2D eigenvalue weighted by molar-refractivity contribution is 7.98. The van der Waals surface area contributed by atoms with Crippen LogP contribution in [0, 0.1) is 0 Å². The number of hydrogen-bond donors (Lipinski definition) is 1. The van der Waals surface area contributed by atoms with E-state index >= 15 is 0 Å². The highest BCUT2D eigenvalue weighted by atomic mass is 32.2. The third-order valence-electron chi connectivity index (χ3n) is 2.27. The van der Waals surface area contributed by atoms with Crippen LogP contribution in [0.1, 0.15) is 5.82 Å². The van der Waals surface area contributed by atoms with Crippen molar-refractivity contribution in [2.24, 2.45) is 0 Å². The number of hydrogen-bond acceptors (Lipinski definition) is 7. The molecule has 0 aliphatic heterocycles. The molecule has 18 heavy (non-hydrogen) atoms.